The minimum Gasteiger partial charge on any atom is -0.369 e. The van der Waals surface area contributed by atoms with Crippen LogP contribution in [0.5, 0.6) is 0 Å². The number of carbonyl (C=O) groups excluding carboxylic acids is 2. The number of anilines is 1. The van der Waals surface area contributed by atoms with Crippen LogP contribution < -0.4 is 4.90 Å². The first-order chi connectivity index (χ1) is 12.6. The van der Waals surface area contributed by atoms with Gasteiger partial charge in [0.2, 0.25) is 0 Å². The van der Waals surface area contributed by atoms with Crippen LogP contribution in [-0.2, 0) is 9.53 Å². The number of likely N-dealkylation sites (tertiary alicyclic amines) is 1. The maximum atomic E-state index is 13.7. The van der Waals surface area contributed by atoms with Crippen LogP contribution in [0, 0.1) is 5.82 Å². The molecular weight excluding hydrogens is 355 g/mol. The number of halogens is 1. The smallest absolute Gasteiger partial charge is 0.259 e. The van der Waals surface area contributed by atoms with Crippen molar-refractivity contribution in [1.82, 2.24) is 4.90 Å². The van der Waals surface area contributed by atoms with Crippen molar-refractivity contribution in [3.05, 3.63) is 52.5 Å². The van der Waals surface area contributed by atoms with Gasteiger partial charge in [0.25, 0.3) is 11.8 Å². The summed E-state index contributed by atoms with van der Waals surface area (Å²) in [6, 6.07) is 7.88. The normalized spacial score (nSPS) is 21.8. The minimum absolute atomic E-state index is 0.0121. The van der Waals surface area contributed by atoms with Crippen molar-refractivity contribution >= 4 is 28.8 Å². The third-order valence-corrected chi connectivity index (χ3v) is 6.05. The molecule has 1 atom stereocenters. The zero-order valence-corrected chi connectivity index (χ0v) is 15.2. The molecule has 26 heavy (non-hydrogen) atoms. The molecule has 0 N–H and O–H groups in total. The summed E-state index contributed by atoms with van der Waals surface area (Å²) in [5.41, 5.74) is 0.715. The van der Waals surface area contributed by atoms with Gasteiger partial charge in [-0.3, -0.25) is 9.59 Å². The second-order valence-corrected chi connectivity index (χ2v) is 7.46. The number of hydrogen-bond donors (Lipinski definition) is 0. The van der Waals surface area contributed by atoms with E-state index in [-0.39, 0.29) is 17.6 Å². The molecule has 2 aromatic rings. The Labute approximate surface area is 155 Å². The topological polar surface area (TPSA) is 49.9 Å². The lowest BCUT2D eigenvalue weighted by Gasteiger charge is -2.59. The van der Waals surface area contributed by atoms with E-state index in [1.54, 1.807) is 17.0 Å². The van der Waals surface area contributed by atoms with Crippen LogP contribution in [0.3, 0.4) is 0 Å². The monoisotopic (exact) mass is 374 g/mol. The van der Waals surface area contributed by atoms with Gasteiger partial charge in [-0.15, -0.1) is 0 Å². The number of hydrogen-bond acceptors (Lipinski definition) is 4. The van der Waals surface area contributed by atoms with Crippen LogP contribution >= 0.6 is 11.3 Å². The first-order valence-corrected chi connectivity index (χ1v) is 9.45. The molecule has 0 radical (unpaired) electrons. The number of methoxy groups -OCH3 is 1. The van der Waals surface area contributed by atoms with Gasteiger partial charge in [-0.2, -0.15) is 11.3 Å². The Bertz CT molecular complexity index is 831. The largest absolute Gasteiger partial charge is 0.369 e. The Morgan fingerprint density at radius 3 is 2.69 bits per heavy atom. The van der Waals surface area contributed by atoms with Crippen molar-refractivity contribution < 1.29 is 18.7 Å². The Morgan fingerprint density at radius 1 is 1.31 bits per heavy atom. The molecular formula is C19H19FN2O3S. The fourth-order valence-corrected chi connectivity index (χ4v) is 4.72. The molecule has 2 fully saturated rings. The summed E-state index contributed by atoms with van der Waals surface area (Å²) in [4.78, 5) is 28.6. The first-order valence-electron chi connectivity index (χ1n) is 8.51. The number of benzene rings is 1. The van der Waals surface area contributed by atoms with Crippen LogP contribution in [0.15, 0.2) is 41.1 Å². The molecule has 0 aliphatic carbocycles. The molecule has 1 aromatic carbocycles. The van der Waals surface area contributed by atoms with E-state index in [1.165, 1.54) is 30.6 Å². The quantitative estimate of drug-likeness (QED) is 0.777. The molecule has 0 bridgehead atoms. The van der Waals surface area contributed by atoms with Gasteiger partial charge >= 0.3 is 0 Å². The van der Waals surface area contributed by atoms with Crippen molar-refractivity contribution in [2.45, 2.75) is 24.5 Å². The van der Waals surface area contributed by atoms with E-state index in [9.17, 15) is 14.0 Å². The van der Waals surface area contributed by atoms with Crippen LogP contribution in [0.2, 0.25) is 0 Å². The highest BCUT2D eigenvalue weighted by Gasteiger charge is 2.62. The second kappa shape index (κ2) is 6.48. The van der Waals surface area contributed by atoms with Crippen molar-refractivity contribution in [2.75, 3.05) is 25.1 Å². The lowest BCUT2D eigenvalue weighted by atomic mass is 9.72. The van der Waals surface area contributed by atoms with Crippen LogP contribution in [0.1, 0.15) is 23.2 Å². The van der Waals surface area contributed by atoms with Crippen molar-refractivity contribution in [3.8, 4) is 0 Å². The Kier molecular flexibility index (Phi) is 4.28. The van der Waals surface area contributed by atoms with Crippen molar-refractivity contribution in [2.24, 2.45) is 0 Å². The Hall–Kier alpha value is -2.25. The number of rotatable bonds is 3. The molecule has 2 amide bonds. The fraction of sp³-hybridized carbons (Fsp3) is 0.368. The zero-order valence-electron chi connectivity index (χ0n) is 14.4. The number of amides is 2. The van der Waals surface area contributed by atoms with Gasteiger partial charge in [0.1, 0.15) is 5.82 Å². The summed E-state index contributed by atoms with van der Waals surface area (Å²) < 4.78 is 19.1. The predicted octanol–water partition coefficient (Wildman–Crippen LogP) is 2.92. The van der Waals surface area contributed by atoms with Gasteiger partial charge in [0, 0.05) is 31.3 Å². The summed E-state index contributed by atoms with van der Waals surface area (Å²) in [6.07, 6.45) is 0.650. The van der Waals surface area contributed by atoms with E-state index in [1.807, 2.05) is 21.7 Å². The molecule has 0 saturated carbocycles. The van der Waals surface area contributed by atoms with Gasteiger partial charge in [-0.1, -0.05) is 6.07 Å². The highest BCUT2D eigenvalue weighted by Crippen LogP contribution is 2.45. The molecule has 3 heterocycles. The van der Waals surface area contributed by atoms with Crippen LogP contribution in [-0.4, -0.2) is 48.6 Å². The molecule has 4 rings (SSSR count). The molecule has 1 aromatic heterocycles. The maximum absolute atomic E-state index is 13.7. The fourth-order valence-electron chi connectivity index (χ4n) is 4.09. The van der Waals surface area contributed by atoms with Gasteiger partial charge in [-0.05, 0) is 42.5 Å². The van der Waals surface area contributed by atoms with E-state index in [0.29, 0.717) is 37.2 Å². The molecule has 5 nitrogen and oxygen atoms in total. The molecule has 2 aliphatic rings. The highest BCUT2D eigenvalue weighted by atomic mass is 32.1. The molecule has 136 valence electrons. The average molecular weight is 374 g/mol. The highest BCUT2D eigenvalue weighted by molar-refractivity contribution is 7.08. The molecule has 1 unspecified atom stereocenters. The van der Waals surface area contributed by atoms with E-state index < -0.39 is 11.6 Å². The lowest BCUT2D eigenvalue weighted by Crippen LogP contribution is -2.78. The number of thiophene rings is 1. The van der Waals surface area contributed by atoms with E-state index >= 15 is 0 Å². The van der Waals surface area contributed by atoms with Gasteiger partial charge in [0.15, 0.2) is 6.10 Å². The summed E-state index contributed by atoms with van der Waals surface area (Å²) in [6.45, 7) is 1.07. The van der Waals surface area contributed by atoms with Crippen LogP contribution in [0.25, 0.3) is 0 Å². The molecule has 2 aliphatic heterocycles. The van der Waals surface area contributed by atoms with E-state index in [0.717, 1.165) is 0 Å². The second-order valence-electron chi connectivity index (χ2n) is 6.68. The third kappa shape index (κ3) is 2.54. The van der Waals surface area contributed by atoms with Gasteiger partial charge in [0.05, 0.1) is 11.1 Å². The Balaban J connectivity index is 1.56. The number of β-lactam (4-membered cyclic amide) rings is 1. The maximum Gasteiger partial charge on any atom is 0.259 e. The lowest BCUT2D eigenvalue weighted by molar-refractivity contribution is -0.150. The zero-order chi connectivity index (χ0) is 18.3. The number of ether oxygens (including phenoxy) is 1. The van der Waals surface area contributed by atoms with Gasteiger partial charge < -0.3 is 14.5 Å². The molecule has 1 spiro atoms. The Morgan fingerprint density at radius 2 is 2.08 bits per heavy atom. The third-order valence-electron chi connectivity index (χ3n) is 5.36. The van der Waals surface area contributed by atoms with E-state index in [4.69, 9.17) is 4.74 Å². The van der Waals surface area contributed by atoms with Gasteiger partial charge in [-0.25, -0.2) is 4.39 Å². The number of piperidine rings is 1. The summed E-state index contributed by atoms with van der Waals surface area (Å²) in [5.74, 6) is -0.523. The number of nitrogens with zero attached hydrogens (tertiary/aromatic N) is 2. The summed E-state index contributed by atoms with van der Waals surface area (Å²) in [5, 5.41) is 3.73. The molecule has 7 heteroatoms. The first kappa shape index (κ1) is 17.2. The summed E-state index contributed by atoms with van der Waals surface area (Å²) in [7, 11) is 1.52. The van der Waals surface area contributed by atoms with Crippen LogP contribution in [0.4, 0.5) is 10.1 Å². The van der Waals surface area contributed by atoms with E-state index in [2.05, 4.69) is 0 Å². The minimum atomic E-state index is -0.552. The molecule has 2 saturated heterocycles. The number of carbonyl (C=O) groups is 2. The SMILES string of the molecule is COC1C(=O)N(c2cccc(F)c2)C12CCN(C(=O)c1ccsc1)CC2. The van der Waals surface area contributed by atoms with Crippen molar-refractivity contribution in [1.29, 1.82) is 0 Å². The van der Waals surface area contributed by atoms with Crippen molar-refractivity contribution in [3.63, 3.8) is 0 Å². The summed E-state index contributed by atoms with van der Waals surface area (Å²) >= 11 is 1.49. The predicted molar refractivity (Wildman–Crippen MR) is 96.9 cm³/mol. The average Bonchev–Trinajstić information content (AvgIpc) is 3.17. The standard InChI is InChI=1S/C19H19FN2O3S/c1-25-16-18(24)22(15-4-2-3-14(20)11-15)19(16)6-8-21(9-7-19)17(23)13-5-10-26-12-13/h2-5,10-12,16H,6-9H2,1H3.